The molecule has 1 unspecified atom stereocenters. The van der Waals surface area contributed by atoms with Gasteiger partial charge in [-0.1, -0.05) is 18.2 Å². The molecule has 5 rings (SSSR count). The van der Waals surface area contributed by atoms with Crippen LogP contribution in [0, 0.1) is 13.8 Å². The van der Waals surface area contributed by atoms with Gasteiger partial charge in [0.05, 0.1) is 22.2 Å². The number of imidazole rings is 1. The van der Waals surface area contributed by atoms with Crippen molar-refractivity contribution in [1.29, 1.82) is 0 Å². The molecule has 2 aromatic heterocycles. The van der Waals surface area contributed by atoms with Crippen LogP contribution in [0.4, 0.5) is 5.69 Å². The van der Waals surface area contributed by atoms with Crippen LogP contribution in [0.15, 0.2) is 41.2 Å². The molecule has 6 heteroatoms. The van der Waals surface area contributed by atoms with Crippen molar-refractivity contribution in [3.63, 3.8) is 0 Å². The first-order valence-corrected chi connectivity index (χ1v) is 10.2. The smallest absolute Gasteiger partial charge is 0.261 e. The molecule has 148 valence electrons. The zero-order valence-electron chi connectivity index (χ0n) is 16.7. The Labute approximate surface area is 168 Å². The lowest BCUT2D eigenvalue weighted by atomic mass is 10.0. The molecule has 0 amide bonds. The van der Waals surface area contributed by atoms with Crippen LogP contribution in [0.2, 0.25) is 0 Å². The van der Waals surface area contributed by atoms with E-state index in [4.69, 9.17) is 4.98 Å². The Morgan fingerprint density at radius 2 is 1.90 bits per heavy atom. The third-order valence-electron chi connectivity index (χ3n) is 5.90. The minimum Gasteiger partial charge on any atom is -0.380 e. The summed E-state index contributed by atoms with van der Waals surface area (Å²) in [5, 5.41) is 8.10. The first-order chi connectivity index (χ1) is 14.1. The van der Waals surface area contributed by atoms with Crippen molar-refractivity contribution in [2.24, 2.45) is 0 Å². The maximum atomic E-state index is 13.1. The fourth-order valence-corrected chi connectivity index (χ4v) is 4.19. The molecule has 0 spiro atoms. The van der Waals surface area contributed by atoms with E-state index >= 15 is 0 Å². The molecule has 2 aromatic carbocycles. The molecule has 0 saturated carbocycles. The van der Waals surface area contributed by atoms with E-state index in [0.717, 1.165) is 53.6 Å². The largest absolute Gasteiger partial charge is 0.380 e. The number of rotatable bonds is 3. The highest BCUT2D eigenvalue weighted by Gasteiger charge is 2.21. The second-order valence-corrected chi connectivity index (χ2v) is 7.98. The summed E-state index contributed by atoms with van der Waals surface area (Å²) >= 11 is 0. The lowest BCUT2D eigenvalue weighted by Crippen LogP contribution is -2.38. The van der Waals surface area contributed by atoms with E-state index in [0.29, 0.717) is 11.4 Å². The van der Waals surface area contributed by atoms with Gasteiger partial charge in [0.25, 0.3) is 5.56 Å². The van der Waals surface area contributed by atoms with Gasteiger partial charge in [-0.3, -0.25) is 4.79 Å². The topological polar surface area (TPSA) is 85.6 Å². The van der Waals surface area contributed by atoms with Crippen LogP contribution in [0.3, 0.4) is 0 Å². The zero-order chi connectivity index (χ0) is 20.0. The molecule has 1 saturated heterocycles. The summed E-state index contributed by atoms with van der Waals surface area (Å²) in [6.07, 6.45) is 2.20. The van der Waals surface area contributed by atoms with E-state index in [1.807, 2.05) is 24.3 Å². The Morgan fingerprint density at radius 1 is 1.07 bits per heavy atom. The van der Waals surface area contributed by atoms with E-state index in [9.17, 15) is 4.79 Å². The van der Waals surface area contributed by atoms with Gasteiger partial charge >= 0.3 is 0 Å². The van der Waals surface area contributed by atoms with Gasteiger partial charge in [0, 0.05) is 18.0 Å². The van der Waals surface area contributed by atoms with E-state index in [-0.39, 0.29) is 11.6 Å². The summed E-state index contributed by atoms with van der Waals surface area (Å²) < 4.78 is 0. The zero-order valence-corrected chi connectivity index (χ0v) is 16.7. The average molecular weight is 387 g/mol. The summed E-state index contributed by atoms with van der Waals surface area (Å²) in [6.45, 7) is 6.10. The number of aryl methyl sites for hydroxylation is 2. The summed E-state index contributed by atoms with van der Waals surface area (Å²) in [4.78, 5) is 24.3. The molecule has 1 aliphatic rings. The minimum atomic E-state index is -0.137. The molecular formula is C23H25N5O. The van der Waals surface area contributed by atoms with Gasteiger partial charge in [0.15, 0.2) is 0 Å². The maximum Gasteiger partial charge on any atom is 0.261 e. The number of nitrogens with zero attached hydrogens (tertiary/aromatic N) is 1. The third-order valence-corrected chi connectivity index (χ3v) is 5.90. The number of pyridine rings is 1. The number of H-pyrrole nitrogens is 2. The highest BCUT2D eigenvalue weighted by atomic mass is 16.1. The molecule has 1 fully saturated rings. The van der Waals surface area contributed by atoms with E-state index in [1.54, 1.807) is 0 Å². The molecule has 0 bridgehead atoms. The molecule has 1 aliphatic heterocycles. The Balaban J connectivity index is 1.73. The van der Waals surface area contributed by atoms with Gasteiger partial charge in [0.1, 0.15) is 11.4 Å². The minimum absolute atomic E-state index is 0.137. The summed E-state index contributed by atoms with van der Waals surface area (Å²) in [7, 11) is 0. The number of aromatic nitrogens is 3. The quantitative estimate of drug-likeness (QED) is 0.430. The molecule has 4 N–H and O–H groups in total. The lowest BCUT2D eigenvalue weighted by molar-refractivity contribution is 0.480. The van der Waals surface area contributed by atoms with Crippen molar-refractivity contribution in [2.45, 2.75) is 32.7 Å². The molecule has 6 nitrogen and oxygen atoms in total. The molecule has 0 radical (unpaired) electrons. The predicted octanol–water partition coefficient (Wildman–Crippen LogP) is 3.85. The van der Waals surface area contributed by atoms with Crippen molar-refractivity contribution < 1.29 is 0 Å². The molecule has 0 aliphatic carbocycles. The third kappa shape index (κ3) is 3.19. The van der Waals surface area contributed by atoms with Crippen LogP contribution in [0.25, 0.3) is 33.3 Å². The fourth-order valence-electron chi connectivity index (χ4n) is 4.19. The first kappa shape index (κ1) is 17.9. The normalized spacial score (nSPS) is 17.1. The average Bonchev–Trinajstić information content (AvgIpc) is 3.11. The number of nitrogens with one attached hydrogen (secondary N) is 4. The van der Waals surface area contributed by atoms with Crippen molar-refractivity contribution in [3.8, 4) is 11.4 Å². The number of anilines is 1. The number of fused-ring (bicyclic) bond motifs is 2. The van der Waals surface area contributed by atoms with Crippen molar-refractivity contribution >= 4 is 27.6 Å². The number of aromatic amines is 2. The first-order valence-electron chi connectivity index (χ1n) is 10.2. The van der Waals surface area contributed by atoms with E-state index in [2.05, 4.69) is 46.6 Å². The van der Waals surface area contributed by atoms with Gasteiger partial charge in [-0.15, -0.1) is 0 Å². The highest BCUT2D eigenvalue weighted by molar-refractivity contribution is 5.99. The molecular weight excluding hydrogens is 362 g/mol. The molecule has 3 heterocycles. The van der Waals surface area contributed by atoms with Crippen molar-refractivity contribution in [1.82, 2.24) is 20.3 Å². The van der Waals surface area contributed by atoms with Gasteiger partial charge in [-0.05, 0) is 62.6 Å². The van der Waals surface area contributed by atoms with Crippen LogP contribution < -0.4 is 16.2 Å². The fraction of sp³-hybridized carbons (Fsp3) is 0.304. The van der Waals surface area contributed by atoms with Crippen LogP contribution in [-0.4, -0.2) is 34.1 Å². The van der Waals surface area contributed by atoms with Crippen molar-refractivity contribution in [2.75, 3.05) is 18.4 Å². The number of para-hydroxylation sites is 1. The standard InChI is InChI=1S/C23H25N5O/c1-13-10-18-19(11-14(13)2)27-22(26-18)20-21(25-15-6-5-9-24-12-15)16-7-3-4-8-17(16)28-23(20)29/h3-4,7-8,10-11,15,24H,5-6,9,12H2,1-2H3,(H,26,27)(H2,25,28,29). The van der Waals surface area contributed by atoms with Gasteiger partial charge < -0.3 is 20.6 Å². The van der Waals surface area contributed by atoms with Crippen LogP contribution in [0.1, 0.15) is 24.0 Å². The lowest BCUT2D eigenvalue weighted by Gasteiger charge is -2.26. The molecule has 4 aromatic rings. The second kappa shape index (κ2) is 7.04. The monoisotopic (exact) mass is 387 g/mol. The number of hydrogen-bond donors (Lipinski definition) is 4. The Kier molecular flexibility index (Phi) is 4.36. The second-order valence-electron chi connectivity index (χ2n) is 7.98. The summed E-state index contributed by atoms with van der Waals surface area (Å²) in [6, 6.07) is 12.4. The maximum absolute atomic E-state index is 13.1. The summed E-state index contributed by atoms with van der Waals surface area (Å²) in [5.41, 5.74) is 6.33. The molecule has 29 heavy (non-hydrogen) atoms. The van der Waals surface area contributed by atoms with Crippen molar-refractivity contribution in [3.05, 3.63) is 57.9 Å². The van der Waals surface area contributed by atoms with Gasteiger partial charge in [-0.2, -0.15) is 0 Å². The van der Waals surface area contributed by atoms with Gasteiger partial charge in [-0.25, -0.2) is 4.98 Å². The Bertz CT molecular complexity index is 1220. The Hall–Kier alpha value is -3.12. The van der Waals surface area contributed by atoms with E-state index in [1.165, 1.54) is 11.1 Å². The van der Waals surface area contributed by atoms with Crippen LogP contribution in [0.5, 0.6) is 0 Å². The van der Waals surface area contributed by atoms with Crippen LogP contribution >= 0.6 is 0 Å². The number of piperidine rings is 1. The summed E-state index contributed by atoms with van der Waals surface area (Å²) in [5.74, 6) is 0.600. The Morgan fingerprint density at radius 3 is 2.72 bits per heavy atom. The number of benzene rings is 2. The molecule has 1 atom stereocenters. The van der Waals surface area contributed by atoms with E-state index < -0.39 is 0 Å². The van der Waals surface area contributed by atoms with Crippen LogP contribution in [-0.2, 0) is 0 Å². The SMILES string of the molecule is Cc1cc2nc(-c3c(NC4CCCNC4)c4ccccc4[nH]c3=O)[nH]c2cc1C. The highest BCUT2D eigenvalue weighted by Crippen LogP contribution is 2.32. The van der Waals surface area contributed by atoms with Gasteiger partial charge in [0.2, 0.25) is 0 Å². The predicted molar refractivity (Wildman–Crippen MR) is 119 cm³/mol. The number of hydrogen-bond acceptors (Lipinski definition) is 4.